The van der Waals surface area contributed by atoms with E-state index >= 15 is 0 Å². The number of nitrogens with zero attached hydrogens (tertiary/aromatic N) is 2. The smallest absolute Gasteiger partial charge is 0.255 e. The molecule has 1 amide bonds. The molecule has 1 aromatic carbocycles. The van der Waals surface area contributed by atoms with Crippen LogP contribution in [-0.2, 0) is 11.2 Å². The number of aromatic nitrogens is 3. The van der Waals surface area contributed by atoms with Crippen molar-refractivity contribution in [3.8, 4) is 17.1 Å². The van der Waals surface area contributed by atoms with Gasteiger partial charge in [-0.3, -0.25) is 14.6 Å². The standard InChI is InChI=1S/C20H19FN4O3/c1-13-17(20(27)25-19(24-13)14-3-2-8-22-12-14)11-18(26)23-9-10-28-16-6-4-15(21)5-7-16/h2-8,12H,9-11H2,1H3,(H,23,26)(H,24,25,27). The first-order chi connectivity index (χ1) is 13.5. The van der Waals surface area contributed by atoms with Crippen LogP contribution in [0.25, 0.3) is 11.4 Å². The quantitative estimate of drug-likeness (QED) is 0.610. The van der Waals surface area contributed by atoms with E-state index in [1.165, 1.54) is 24.3 Å². The number of amides is 1. The molecule has 0 bridgehead atoms. The number of rotatable bonds is 7. The highest BCUT2D eigenvalue weighted by atomic mass is 19.1. The van der Waals surface area contributed by atoms with Crippen LogP contribution in [0.2, 0.25) is 0 Å². The monoisotopic (exact) mass is 382 g/mol. The molecule has 0 saturated carbocycles. The topological polar surface area (TPSA) is 97.0 Å². The molecular formula is C20H19FN4O3. The summed E-state index contributed by atoms with van der Waals surface area (Å²) in [5.41, 5.74) is 1.13. The Labute approximate surface area is 160 Å². The molecule has 3 aromatic rings. The fourth-order valence-corrected chi connectivity index (χ4v) is 2.57. The number of nitrogens with one attached hydrogen (secondary N) is 2. The molecule has 2 N–H and O–H groups in total. The van der Waals surface area contributed by atoms with Crippen LogP contribution in [0, 0.1) is 12.7 Å². The molecule has 0 saturated heterocycles. The Kier molecular flexibility index (Phi) is 6.11. The maximum absolute atomic E-state index is 12.8. The molecule has 8 heteroatoms. The minimum Gasteiger partial charge on any atom is -0.492 e. The molecule has 0 radical (unpaired) electrons. The number of carbonyl (C=O) groups excluding carboxylic acids is 1. The van der Waals surface area contributed by atoms with E-state index < -0.39 is 0 Å². The number of benzene rings is 1. The Morgan fingerprint density at radius 1 is 1.25 bits per heavy atom. The van der Waals surface area contributed by atoms with Crippen LogP contribution in [0.5, 0.6) is 5.75 Å². The predicted molar refractivity (Wildman–Crippen MR) is 101 cm³/mol. The summed E-state index contributed by atoms with van der Waals surface area (Å²) < 4.78 is 18.2. The number of aryl methyl sites for hydroxylation is 1. The average molecular weight is 382 g/mol. The molecule has 2 aromatic heterocycles. The number of pyridine rings is 1. The Morgan fingerprint density at radius 3 is 2.71 bits per heavy atom. The van der Waals surface area contributed by atoms with Gasteiger partial charge < -0.3 is 15.0 Å². The van der Waals surface area contributed by atoms with Gasteiger partial charge in [-0.15, -0.1) is 0 Å². The molecule has 3 rings (SSSR count). The lowest BCUT2D eigenvalue weighted by Gasteiger charge is -2.09. The van der Waals surface area contributed by atoms with Crippen LogP contribution in [0.4, 0.5) is 4.39 Å². The molecule has 0 atom stereocenters. The maximum atomic E-state index is 12.8. The third kappa shape index (κ3) is 5.00. The normalized spacial score (nSPS) is 10.5. The van der Waals surface area contributed by atoms with E-state index in [0.717, 1.165) is 0 Å². The zero-order valence-corrected chi connectivity index (χ0v) is 15.2. The highest BCUT2D eigenvalue weighted by Gasteiger charge is 2.13. The summed E-state index contributed by atoms with van der Waals surface area (Å²) in [6, 6.07) is 9.15. The van der Waals surface area contributed by atoms with Crippen LogP contribution >= 0.6 is 0 Å². The lowest BCUT2D eigenvalue weighted by molar-refractivity contribution is -0.120. The third-order valence-electron chi connectivity index (χ3n) is 4.00. The van der Waals surface area contributed by atoms with Crippen molar-refractivity contribution in [3.05, 3.63) is 76.2 Å². The first kappa shape index (κ1) is 19.2. The Bertz CT molecular complexity index is 1000. The molecule has 0 fully saturated rings. The summed E-state index contributed by atoms with van der Waals surface area (Å²) in [6.45, 7) is 2.18. The average Bonchev–Trinajstić information content (AvgIpc) is 2.70. The highest BCUT2D eigenvalue weighted by molar-refractivity contribution is 5.78. The van der Waals surface area contributed by atoms with Gasteiger partial charge in [-0.2, -0.15) is 0 Å². The number of ether oxygens (including phenoxy) is 1. The molecule has 28 heavy (non-hydrogen) atoms. The minimum atomic E-state index is -0.357. The van der Waals surface area contributed by atoms with Gasteiger partial charge in [0.15, 0.2) is 0 Å². The van der Waals surface area contributed by atoms with Crippen LogP contribution < -0.4 is 15.6 Å². The number of aromatic amines is 1. The summed E-state index contributed by atoms with van der Waals surface area (Å²) in [4.78, 5) is 35.5. The zero-order valence-electron chi connectivity index (χ0n) is 15.2. The SMILES string of the molecule is Cc1nc(-c2cccnc2)[nH]c(=O)c1CC(=O)NCCOc1ccc(F)cc1. The summed E-state index contributed by atoms with van der Waals surface area (Å²) in [5.74, 6) is 0.266. The van der Waals surface area contributed by atoms with Gasteiger partial charge in [0.05, 0.1) is 13.0 Å². The lowest BCUT2D eigenvalue weighted by atomic mass is 10.1. The summed E-state index contributed by atoms with van der Waals surface area (Å²) in [6.07, 6.45) is 3.15. The molecule has 7 nitrogen and oxygen atoms in total. The molecule has 0 spiro atoms. The van der Waals surface area contributed by atoms with Crippen molar-refractivity contribution in [2.45, 2.75) is 13.3 Å². The van der Waals surface area contributed by atoms with Crippen LogP contribution in [0.15, 0.2) is 53.6 Å². The number of hydrogen-bond donors (Lipinski definition) is 2. The molecule has 0 aliphatic rings. The zero-order chi connectivity index (χ0) is 19.9. The first-order valence-electron chi connectivity index (χ1n) is 8.68. The van der Waals surface area contributed by atoms with Crippen molar-refractivity contribution in [2.75, 3.05) is 13.2 Å². The fourth-order valence-electron chi connectivity index (χ4n) is 2.57. The fraction of sp³-hybridized carbons (Fsp3) is 0.200. The van der Waals surface area contributed by atoms with Crippen molar-refractivity contribution in [2.24, 2.45) is 0 Å². The summed E-state index contributed by atoms with van der Waals surface area (Å²) >= 11 is 0. The molecule has 0 aliphatic carbocycles. The molecular weight excluding hydrogens is 363 g/mol. The van der Waals surface area contributed by atoms with E-state index in [-0.39, 0.29) is 36.9 Å². The second-order valence-corrected chi connectivity index (χ2v) is 6.05. The lowest BCUT2D eigenvalue weighted by Crippen LogP contribution is -2.32. The molecule has 0 unspecified atom stereocenters. The van der Waals surface area contributed by atoms with Gasteiger partial charge >= 0.3 is 0 Å². The van der Waals surface area contributed by atoms with Gasteiger partial charge in [0.25, 0.3) is 5.56 Å². The van der Waals surface area contributed by atoms with Gasteiger partial charge in [-0.05, 0) is 43.3 Å². The second-order valence-electron chi connectivity index (χ2n) is 6.05. The highest BCUT2D eigenvalue weighted by Crippen LogP contribution is 2.13. The van der Waals surface area contributed by atoms with Crippen LogP contribution in [-0.4, -0.2) is 34.0 Å². The molecule has 0 aliphatic heterocycles. The molecule has 144 valence electrons. The van der Waals surface area contributed by atoms with Gasteiger partial charge in [0, 0.05) is 29.2 Å². The van der Waals surface area contributed by atoms with Gasteiger partial charge in [-0.1, -0.05) is 0 Å². The van der Waals surface area contributed by atoms with E-state index in [1.54, 1.807) is 31.5 Å². The number of carbonyl (C=O) groups is 1. The number of H-pyrrole nitrogens is 1. The van der Waals surface area contributed by atoms with Crippen molar-refractivity contribution in [3.63, 3.8) is 0 Å². The van der Waals surface area contributed by atoms with Crippen molar-refractivity contribution in [1.29, 1.82) is 0 Å². The second kappa shape index (κ2) is 8.90. The Hall–Kier alpha value is -3.55. The van der Waals surface area contributed by atoms with E-state index in [9.17, 15) is 14.0 Å². The van der Waals surface area contributed by atoms with Crippen molar-refractivity contribution >= 4 is 5.91 Å². The third-order valence-corrected chi connectivity index (χ3v) is 4.00. The van der Waals surface area contributed by atoms with Gasteiger partial charge in [-0.25, -0.2) is 9.37 Å². The largest absolute Gasteiger partial charge is 0.492 e. The summed E-state index contributed by atoms with van der Waals surface area (Å²) in [5, 5.41) is 2.68. The van der Waals surface area contributed by atoms with E-state index in [1.807, 2.05) is 0 Å². The summed E-state index contributed by atoms with van der Waals surface area (Å²) in [7, 11) is 0. The van der Waals surface area contributed by atoms with E-state index in [2.05, 4.69) is 20.3 Å². The first-order valence-corrected chi connectivity index (χ1v) is 8.68. The van der Waals surface area contributed by atoms with E-state index in [4.69, 9.17) is 4.74 Å². The predicted octanol–water partition coefficient (Wildman–Crippen LogP) is 2.02. The van der Waals surface area contributed by atoms with Crippen molar-refractivity contribution in [1.82, 2.24) is 20.3 Å². The Balaban J connectivity index is 1.55. The van der Waals surface area contributed by atoms with E-state index in [0.29, 0.717) is 28.4 Å². The van der Waals surface area contributed by atoms with Gasteiger partial charge in [0.1, 0.15) is 24.0 Å². The minimum absolute atomic E-state index is 0.0853. The number of hydrogen-bond acceptors (Lipinski definition) is 5. The molecule has 2 heterocycles. The van der Waals surface area contributed by atoms with Crippen LogP contribution in [0.3, 0.4) is 0 Å². The van der Waals surface area contributed by atoms with Gasteiger partial charge in [0.2, 0.25) is 5.91 Å². The number of halogens is 1. The Morgan fingerprint density at radius 2 is 2.04 bits per heavy atom. The maximum Gasteiger partial charge on any atom is 0.255 e. The van der Waals surface area contributed by atoms with Crippen molar-refractivity contribution < 1.29 is 13.9 Å². The van der Waals surface area contributed by atoms with Crippen LogP contribution in [0.1, 0.15) is 11.3 Å².